The summed E-state index contributed by atoms with van der Waals surface area (Å²) in [6.07, 6.45) is 5.38. The van der Waals surface area contributed by atoms with Gasteiger partial charge in [0.25, 0.3) is 0 Å². The summed E-state index contributed by atoms with van der Waals surface area (Å²) in [6.45, 7) is 0.115. The van der Waals surface area contributed by atoms with Crippen LogP contribution in [-0.2, 0) is 22.6 Å². The molecule has 26 heavy (non-hydrogen) atoms. The Morgan fingerprint density at radius 1 is 1.23 bits per heavy atom. The molecule has 2 aliphatic rings. The van der Waals surface area contributed by atoms with E-state index in [-0.39, 0.29) is 31.1 Å². The van der Waals surface area contributed by atoms with Crippen LogP contribution in [0.3, 0.4) is 0 Å². The highest BCUT2D eigenvalue weighted by atomic mass is 16.5. The summed E-state index contributed by atoms with van der Waals surface area (Å²) in [5.74, 6) is -0.0938. The predicted octanol–water partition coefficient (Wildman–Crippen LogP) is 1.99. The lowest BCUT2D eigenvalue weighted by Gasteiger charge is -2.35. The minimum absolute atomic E-state index is 0.0135. The molecular weight excluding hydrogens is 332 g/mol. The Bertz CT molecular complexity index is 811. The van der Waals surface area contributed by atoms with Crippen molar-refractivity contribution in [2.75, 3.05) is 6.54 Å². The normalized spacial score (nSPS) is 20.4. The zero-order chi connectivity index (χ0) is 17.9. The summed E-state index contributed by atoms with van der Waals surface area (Å²) in [6, 6.07) is 9.59. The number of hydrogen-bond donors (Lipinski definition) is 1. The first-order valence-corrected chi connectivity index (χ1v) is 8.77. The van der Waals surface area contributed by atoms with Crippen molar-refractivity contribution in [1.29, 1.82) is 0 Å². The third-order valence-corrected chi connectivity index (χ3v) is 5.00. The fourth-order valence-electron chi connectivity index (χ4n) is 3.82. The van der Waals surface area contributed by atoms with E-state index in [2.05, 4.69) is 15.3 Å². The average Bonchev–Trinajstić information content (AvgIpc) is 3.00. The highest BCUT2D eigenvalue weighted by molar-refractivity contribution is 5.83. The lowest BCUT2D eigenvalue weighted by atomic mass is 9.99. The van der Waals surface area contributed by atoms with E-state index in [1.165, 1.54) is 0 Å². The zero-order valence-electron chi connectivity index (χ0n) is 14.3. The molecule has 0 spiro atoms. The molecule has 1 aromatic carbocycles. The number of rotatable bonds is 4. The van der Waals surface area contributed by atoms with Gasteiger partial charge in [0.05, 0.1) is 11.7 Å². The second-order valence-corrected chi connectivity index (χ2v) is 6.59. The largest absolute Gasteiger partial charge is 0.445 e. The van der Waals surface area contributed by atoms with E-state index < -0.39 is 6.09 Å². The van der Waals surface area contributed by atoms with E-state index in [9.17, 15) is 9.59 Å². The van der Waals surface area contributed by atoms with Gasteiger partial charge in [0.2, 0.25) is 5.91 Å². The molecule has 7 nitrogen and oxygen atoms in total. The number of fused-ring (bicyclic) bond motifs is 4. The summed E-state index contributed by atoms with van der Waals surface area (Å²) in [4.78, 5) is 34.8. The van der Waals surface area contributed by atoms with E-state index in [1.54, 1.807) is 12.5 Å². The first-order chi connectivity index (χ1) is 12.7. The Morgan fingerprint density at radius 3 is 2.92 bits per heavy atom. The molecule has 3 heterocycles. The van der Waals surface area contributed by atoms with E-state index in [4.69, 9.17) is 4.74 Å². The topological polar surface area (TPSA) is 84.4 Å². The van der Waals surface area contributed by atoms with Gasteiger partial charge in [0, 0.05) is 24.2 Å². The molecule has 0 aliphatic carbocycles. The monoisotopic (exact) mass is 352 g/mol. The summed E-state index contributed by atoms with van der Waals surface area (Å²) in [5.41, 5.74) is 2.97. The molecular formula is C19H20N4O3. The van der Waals surface area contributed by atoms with Gasteiger partial charge in [-0.25, -0.2) is 14.8 Å². The fraction of sp³-hybridized carbons (Fsp3) is 0.368. The maximum atomic E-state index is 12.7. The minimum Gasteiger partial charge on any atom is -0.445 e. The van der Waals surface area contributed by atoms with Crippen LogP contribution in [0.1, 0.15) is 35.7 Å². The Labute approximate surface area is 151 Å². The summed E-state index contributed by atoms with van der Waals surface area (Å²) < 4.78 is 5.15. The highest BCUT2D eigenvalue weighted by Gasteiger charge is 2.43. The molecule has 1 saturated heterocycles. The van der Waals surface area contributed by atoms with Gasteiger partial charge >= 0.3 is 6.09 Å². The molecule has 0 saturated carbocycles. The number of alkyl carbamates (subject to hydrolysis) is 1. The summed E-state index contributed by atoms with van der Waals surface area (Å²) >= 11 is 0. The van der Waals surface area contributed by atoms with Crippen molar-refractivity contribution < 1.29 is 14.3 Å². The molecule has 2 aliphatic heterocycles. The van der Waals surface area contributed by atoms with E-state index in [0.717, 1.165) is 36.1 Å². The van der Waals surface area contributed by atoms with Crippen LogP contribution in [0.4, 0.5) is 4.79 Å². The van der Waals surface area contributed by atoms with E-state index in [0.29, 0.717) is 0 Å². The first-order valence-electron chi connectivity index (χ1n) is 8.77. The Hall–Kier alpha value is -2.96. The molecule has 2 unspecified atom stereocenters. The summed E-state index contributed by atoms with van der Waals surface area (Å²) in [5, 5.41) is 2.56. The number of carbonyl (C=O) groups is 2. The Kier molecular flexibility index (Phi) is 4.51. The molecule has 2 amide bonds. The first kappa shape index (κ1) is 16.5. The van der Waals surface area contributed by atoms with Crippen molar-refractivity contribution in [3.63, 3.8) is 0 Å². The number of aromatic nitrogens is 2. The standard InChI is InChI=1S/C19H20N4O3/c24-18(10-21-19(25)26-11-13-4-2-1-3-5-13)23-14-6-7-17(23)15-9-20-12-22-16(15)8-14/h1-5,9,12,14,17H,6-8,10-11H2,(H,21,25). The number of carbonyl (C=O) groups excluding carboxylic acids is 2. The second-order valence-electron chi connectivity index (χ2n) is 6.59. The van der Waals surface area contributed by atoms with Crippen molar-refractivity contribution in [2.24, 2.45) is 0 Å². The number of ether oxygens (including phenoxy) is 1. The van der Waals surface area contributed by atoms with Gasteiger partial charge in [-0.05, 0) is 18.4 Å². The molecule has 7 heteroatoms. The second kappa shape index (κ2) is 7.11. The average molecular weight is 352 g/mol. The lowest BCUT2D eigenvalue weighted by molar-refractivity contribution is -0.133. The SMILES string of the molecule is O=C(NCC(=O)N1C2CCC1c1cncnc1C2)OCc1ccccc1. The quantitative estimate of drug-likeness (QED) is 0.910. The maximum absolute atomic E-state index is 12.7. The van der Waals surface area contributed by atoms with Crippen LogP contribution in [0.2, 0.25) is 0 Å². The lowest BCUT2D eigenvalue weighted by Crippen LogP contribution is -2.46. The van der Waals surface area contributed by atoms with Gasteiger partial charge in [0.15, 0.2) is 0 Å². The van der Waals surface area contributed by atoms with Crippen molar-refractivity contribution in [3.8, 4) is 0 Å². The van der Waals surface area contributed by atoms with Crippen LogP contribution in [0, 0.1) is 0 Å². The minimum atomic E-state index is -0.588. The fourth-order valence-corrected chi connectivity index (χ4v) is 3.82. The molecule has 1 fully saturated rings. The van der Waals surface area contributed by atoms with Crippen molar-refractivity contribution in [1.82, 2.24) is 20.2 Å². The maximum Gasteiger partial charge on any atom is 0.407 e. The van der Waals surface area contributed by atoms with Crippen LogP contribution < -0.4 is 5.32 Å². The predicted molar refractivity (Wildman–Crippen MR) is 93.0 cm³/mol. The highest BCUT2D eigenvalue weighted by Crippen LogP contribution is 2.42. The van der Waals surface area contributed by atoms with Gasteiger partial charge in [-0.3, -0.25) is 4.79 Å². The molecule has 134 valence electrons. The van der Waals surface area contributed by atoms with Gasteiger partial charge in [0.1, 0.15) is 19.5 Å². The number of nitrogens with zero attached hydrogens (tertiary/aromatic N) is 3. The molecule has 1 N–H and O–H groups in total. The molecule has 0 radical (unpaired) electrons. The molecule has 4 rings (SSSR count). The van der Waals surface area contributed by atoms with Crippen LogP contribution in [0.15, 0.2) is 42.9 Å². The van der Waals surface area contributed by atoms with Crippen LogP contribution >= 0.6 is 0 Å². The van der Waals surface area contributed by atoms with Crippen LogP contribution in [0.5, 0.6) is 0 Å². The van der Waals surface area contributed by atoms with Crippen LogP contribution in [-0.4, -0.2) is 39.5 Å². The number of benzene rings is 1. The molecule has 2 bridgehead atoms. The molecule has 1 aromatic heterocycles. The third kappa shape index (κ3) is 3.24. The van der Waals surface area contributed by atoms with E-state index >= 15 is 0 Å². The molecule has 2 aromatic rings. The van der Waals surface area contributed by atoms with Crippen LogP contribution in [0.25, 0.3) is 0 Å². The van der Waals surface area contributed by atoms with Gasteiger partial charge in [-0.2, -0.15) is 0 Å². The number of hydrogen-bond acceptors (Lipinski definition) is 5. The van der Waals surface area contributed by atoms with E-state index in [1.807, 2.05) is 35.2 Å². The smallest absolute Gasteiger partial charge is 0.407 e. The molecule has 2 atom stereocenters. The number of amides is 2. The third-order valence-electron chi connectivity index (χ3n) is 5.00. The van der Waals surface area contributed by atoms with Crippen molar-refractivity contribution in [3.05, 3.63) is 59.7 Å². The van der Waals surface area contributed by atoms with Gasteiger partial charge in [-0.1, -0.05) is 30.3 Å². The Balaban J connectivity index is 1.32. The zero-order valence-corrected chi connectivity index (χ0v) is 14.3. The summed E-state index contributed by atoms with van der Waals surface area (Å²) in [7, 11) is 0. The number of nitrogens with one attached hydrogen (secondary N) is 1. The van der Waals surface area contributed by atoms with Gasteiger partial charge in [-0.15, -0.1) is 0 Å². The Morgan fingerprint density at radius 2 is 2.08 bits per heavy atom. The van der Waals surface area contributed by atoms with Gasteiger partial charge < -0.3 is 15.0 Å². The van der Waals surface area contributed by atoms with Crippen molar-refractivity contribution >= 4 is 12.0 Å². The van der Waals surface area contributed by atoms with Crippen molar-refractivity contribution in [2.45, 2.75) is 38.0 Å².